The zero-order chi connectivity index (χ0) is 15.9. The van der Waals surface area contributed by atoms with Crippen LogP contribution in [0.1, 0.15) is 44.7 Å². The van der Waals surface area contributed by atoms with Crippen molar-refractivity contribution in [2.45, 2.75) is 51.5 Å². The molecule has 2 N–H and O–H groups in total. The van der Waals surface area contributed by atoms with Crippen LogP contribution in [0.2, 0.25) is 0 Å². The van der Waals surface area contributed by atoms with Gasteiger partial charge in [0.25, 0.3) is 0 Å². The van der Waals surface area contributed by atoms with Gasteiger partial charge < -0.3 is 5.32 Å². The molecule has 120 valence electrons. The molecule has 0 aliphatic rings. The number of rotatable bonds is 9. The summed E-state index contributed by atoms with van der Waals surface area (Å²) < 4.78 is 27.7. The third kappa shape index (κ3) is 5.77. The highest BCUT2D eigenvalue weighted by Crippen LogP contribution is 2.19. The van der Waals surface area contributed by atoms with Gasteiger partial charge in [-0.25, -0.2) is 13.1 Å². The topological polar surface area (TPSA) is 58.2 Å². The van der Waals surface area contributed by atoms with Gasteiger partial charge in [-0.3, -0.25) is 0 Å². The Morgan fingerprint density at radius 1 is 1.24 bits per heavy atom. The lowest BCUT2D eigenvalue weighted by atomic mass is 10.1. The Kier molecular flexibility index (Phi) is 7.35. The summed E-state index contributed by atoms with van der Waals surface area (Å²) in [6.45, 7) is 7.43. The van der Waals surface area contributed by atoms with Gasteiger partial charge in [0.2, 0.25) is 10.0 Å². The number of sulfonamides is 1. The molecule has 1 aromatic carbocycles. The maximum Gasteiger partial charge on any atom is 0.240 e. The van der Waals surface area contributed by atoms with Gasteiger partial charge in [0, 0.05) is 13.1 Å². The minimum Gasteiger partial charge on any atom is -0.316 e. The molecular formula is C16H28N2O2S. The molecule has 1 rings (SSSR count). The number of hydrogen-bond donors (Lipinski definition) is 2. The lowest BCUT2D eigenvalue weighted by molar-refractivity contribution is 0.539. The van der Waals surface area contributed by atoms with E-state index in [0.29, 0.717) is 30.3 Å². The van der Waals surface area contributed by atoms with Crippen molar-refractivity contribution in [1.29, 1.82) is 0 Å². The van der Waals surface area contributed by atoms with E-state index in [-0.39, 0.29) is 0 Å². The molecule has 0 fully saturated rings. The minimum atomic E-state index is -3.42. The molecule has 0 saturated carbocycles. The molecule has 0 atom stereocenters. The Balaban J connectivity index is 2.87. The molecular weight excluding hydrogens is 284 g/mol. The summed E-state index contributed by atoms with van der Waals surface area (Å²) in [5.41, 5.74) is 1.85. The van der Waals surface area contributed by atoms with E-state index < -0.39 is 10.0 Å². The van der Waals surface area contributed by atoms with Crippen LogP contribution in [-0.4, -0.2) is 22.0 Å². The molecule has 0 aromatic heterocycles. The molecule has 0 amide bonds. The Morgan fingerprint density at radius 2 is 1.95 bits per heavy atom. The van der Waals surface area contributed by atoms with E-state index in [1.165, 1.54) is 0 Å². The fourth-order valence-electron chi connectivity index (χ4n) is 2.25. The first-order valence-electron chi connectivity index (χ1n) is 7.66. The molecule has 4 nitrogen and oxygen atoms in total. The first-order valence-corrected chi connectivity index (χ1v) is 9.15. The molecule has 0 saturated heterocycles. The smallest absolute Gasteiger partial charge is 0.240 e. The average molecular weight is 312 g/mol. The van der Waals surface area contributed by atoms with E-state index in [0.717, 1.165) is 24.0 Å². The van der Waals surface area contributed by atoms with E-state index in [9.17, 15) is 8.42 Å². The average Bonchev–Trinajstić information content (AvgIpc) is 2.44. The van der Waals surface area contributed by atoms with Gasteiger partial charge >= 0.3 is 0 Å². The molecule has 0 bridgehead atoms. The summed E-state index contributed by atoms with van der Waals surface area (Å²) in [5.74, 6) is 0.597. The Bertz CT molecular complexity index is 539. The van der Waals surface area contributed by atoms with Gasteiger partial charge in [-0.05, 0) is 49.4 Å². The summed E-state index contributed by atoms with van der Waals surface area (Å²) in [6, 6.07) is 5.67. The highest BCUT2D eigenvalue weighted by atomic mass is 32.2. The van der Waals surface area contributed by atoms with Gasteiger partial charge in [-0.1, -0.05) is 32.9 Å². The third-order valence-corrected chi connectivity index (χ3v) is 4.98. The van der Waals surface area contributed by atoms with E-state index in [2.05, 4.69) is 23.9 Å². The fraction of sp³-hybridized carbons (Fsp3) is 0.625. The van der Waals surface area contributed by atoms with Gasteiger partial charge in [-0.2, -0.15) is 0 Å². The largest absolute Gasteiger partial charge is 0.316 e. The van der Waals surface area contributed by atoms with Crippen LogP contribution in [0, 0.1) is 5.92 Å². The monoisotopic (exact) mass is 312 g/mol. The highest BCUT2D eigenvalue weighted by Gasteiger charge is 2.17. The summed E-state index contributed by atoms with van der Waals surface area (Å²) >= 11 is 0. The van der Waals surface area contributed by atoms with Crippen molar-refractivity contribution >= 4 is 10.0 Å². The minimum absolute atomic E-state index is 0.419. The zero-order valence-electron chi connectivity index (χ0n) is 13.6. The molecule has 0 aliphatic heterocycles. The van der Waals surface area contributed by atoms with E-state index in [1.807, 2.05) is 26.1 Å². The number of hydrogen-bond acceptors (Lipinski definition) is 3. The molecule has 0 spiro atoms. The van der Waals surface area contributed by atoms with Crippen LogP contribution < -0.4 is 10.0 Å². The predicted molar refractivity (Wildman–Crippen MR) is 87.8 cm³/mol. The fourth-order valence-corrected chi connectivity index (χ4v) is 3.68. The zero-order valence-corrected chi connectivity index (χ0v) is 14.4. The number of aryl methyl sites for hydroxylation is 1. The van der Waals surface area contributed by atoms with Gasteiger partial charge in [0.1, 0.15) is 0 Å². The van der Waals surface area contributed by atoms with Crippen LogP contribution in [0.3, 0.4) is 0 Å². The standard InChI is InChI=1S/C16H28N2O2S/c1-5-15-9-8-14(12-17-4)11-16(15)21(19,20)18-10-6-7-13(2)3/h8-9,11,13,17-18H,5-7,10,12H2,1-4H3. The Hall–Kier alpha value is -0.910. The van der Waals surface area contributed by atoms with Gasteiger partial charge in [0.15, 0.2) is 0 Å². The molecule has 5 heteroatoms. The van der Waals surface area contributed by atoms with Crippen LogP contribution in [0.25, 0.3) is 0 Å². The first-order chi connectivity index (χ1) is 9.90. The first kappa shape index (κ1) is 18.1. The molecule has 0 radical (unpaired) electrons. The van der Waals surface area contributed by atoms with Crippen molar-refractivity contribution in [3.63, 3.8) is 0 Å². The van der Waals surface area contributed by atoms with E-state index >= 15 is 0 Å². The lowest BCUT2D eigenvalue weighted by Gasteiger charge is -2.13. The van der Waals surface area contributed by atoms with E-state index in [4.69, 9.17) is 0 Å². The second-order valence-electron chi connectivity index (χ2n) is 5.76. The summed E-state index contributed by atoms with van der Waals surface area (Å²) in [4.78, 5) is 0.419. The number of nitrogens with one attached hydrogen (secondary N) is 2. The molecule has 1 aromatic rings. The predicted octanol–water partition coefficient (Wildman–Crippen LogP) is 2.68. The lowest BCUT2D eigenvalue weighted by Crippen LogP contribution is -2.26. The van der Waals surface area contributed by atoms with Crippen LogP contribution in [0.4, 0.5) is 0 Å². The quantitative estimate of drug-likeness (QED) is 0.689. The Morgan fingerprint density at radius 3 is 2.52 bits per heavy atom. The summed E-state index contributed by atoms with van der Waals surface area (Å²) in [6.07, 6.45) is 2.61. The van der Waals surface area contributed by atoms with Crippen molar-refractivity contribution in [3.8, 4) is 0 Å². The van der Waals surface area contributed by atoms with Crippen molar-refractivity contribution in [2.75, 3.05) is 13.6 Å². The number of benzene rings is 1. The third-order valence-electron chi connectivity index (χ3n) is 3.43. The SMILES string of the molecule is CCc1ccc(CNC)cc1S(=O)(=O)NCCCC(C)C. The van der Waals surface area contributed by atoms with E-state index in [1.54, 1.807) is 6.07 Å². The van der Waals surface area contributed by atoms with Gasteiger partial charge in [0.05, 0.1) is 4.90 Å². The maximum absolute atomic E-state index is 12.5. The van der Waals surface area contributed by atoms with Crippen LogP contribution in [-0.2, 0) is 23.0 Å². The molecule has 0 heterocycles. The second-order valence-corrected chi connectivity index (χ2v) is 7.50. The Labute approximate surface area is 129 Å². The second kappa shape index (κ2) is 8.51. The van der Waals surface area contributed by atoms with Crippen LogP contribution >= 0.6 is 0 Å². The maximum atomic E-state index is 12.5. The normalized spacial score (nSPS) is 12.0. The summed E-state index contributed by atoms with van der Waals surface area (Å²) in [7, 11) is -1.57. The van der Waals surface area contributed by atoms with Crippen LogP contribution in [0.15, 0.2) is 23.1 Å². The highest BCUT2D eigenvalue weighted by molar-refractivity contribution is 7.89. The molecule has 0 aliphatic carbocycles. The summed E-state index contributed by atoms with van der Waals surface area (Å²) in [5, 5.41) is 3.05. The van der Waals surface area contributed by atoms with Crippen molar-refractivity contribution in [2.24, 2.45) is 5.92 Å². The van der Waals surface area contributed by atoms with Crippen LogP contribution in [0.5, 0.6) is 0 Å². The van der Waals surface area contributed by atoms with Crippen molar-refractivity contribution in [1.82, 2.24) is 10.0 Å². The molecule has 0 unspecified atom stereocenters. The van der Waals surface area contributed by atoms with Crippen molar-refractivity contribution in [3.05, 3.63) is 29.3 Å². The molecule has 21 heavy (non-hydrogen) atoms. The van der Waals surface area contributed by atoms with Gasteiger partial charge in [-0.15, -0.1) is 0 Å². The van der Waals surface area contributed by atoms with Crippen molar-refractivity contribution < 1.29 is 8.42 Å².